The molecule has 0 aromatic rings. The molecule has 0 aliphatic carbocycles. The van der Waals surface area contributed by atoms with Crippen LogP contribution >= 0.6 is 0 Å². The molecular weight excluding hydrogens is 1210 g/mol. The van der Waals surface area contributed by atoms with Gasteiger partial charge in [0.15, 0.2) is 0 Å². The summed E-state index contributed by atoms with van der Waals surface area (Å²) in [6.07, 6.45) is 4.00. The number of ether oxygens (including phenoxy) is 2. The smallest absolute Gasteiger partial charge is 0.276 e. The topological polar surface area (TPSA) is 297 Å². The zero-order chi connectivity index (χ0) is 72.7. The first kappa shape index (κ1) is 85.5. The minimum absolute atomic E-state index is 0.0222. The Hall–Kier alpha value is -6.47. The van der Waals surface area contributed by atoms with Crippen molar-refractivity contribution in [2.24, 2.45) is 41.4 Å². The number of allylic oxidation sites excluding steroid dienone is 2. The van der Waals surface area contributed by atoms with E-state index in [1.807, 2.05) is 55.4 Å². The predicted octanol–water partition coefficient (Wildman–Crippen LogP) is 4.59. The molecule has 94 heavy (non-hydrogen) atoms. The molecule has 0 spiro atoms. The van der Waals surface area contributed by atoms with Gasteiger partial charge in [-0.15, -0.1) is 6.58 Å². The van der Waals surface area contributed by atoms with Crippen LogP contribution < -0.4 is 21.3 Å². The van der Waals surface area contributed by atoms with Crippen LogP contribution in [0.25, 0.3) is 0 Å². The summed E-state index contributed by atoms with van der Waals surface area (Å²) in [7, 11) is 9.76. The maximum atomic E-state index is 16.1. The van der Waals surface area contributed by atoms with Gasteiger partial charge in [0.05, 0.1) is 32.0 Å². The Labute approximate surface area is 562 Å². The fourth-order valence-electron chi connectivity index (χ4n) is 11.6. The van der Waals surface area contributed by atoms with Gasteiger partial charge in [-0.1, -0.05) is 115 Å². The lowest BCUT2D eigenvalue weighted by Gasteiger charge is -2.48. The van der Waals surface area contributed by atoms with Crippen LogP contribution in [0.3, 0.4) is 0 Å². The third-order valence-electron chi connectivity index (χ3n) is 17.7. The standard InChI is InChI=1S/C69H123N11O14/c1-27-30-31-46(16)58(82)57-62(86)72-50(29-3)64(88)74(20)39-55(81)75(21)51(35-40(4)5)61(85)73-56(44(12)13)67(91)76(22)52(36-41(6)7)60(84)70-48(18)59(83)71-49(19)63(87)77(23)53(37-42(8)9)65(89)78(24)54(38-43(10)11)66(90)80(26)69(45(14)15,68(92)79(57)25)94-34-32-47(17)93-33-28-2/h27-28,30,40-54,56-58,82H,2,29,31-39H2,1,3-26H3,(H,70,84)(H,71,83)(H,72,86)(H,73,85)/b30-27+/t46-,47?,48+,49-,50+,51+,52+,53+,54+,56+,57+,58-,69+/m1/s1. The molecule has 0 radical (unpaired) electrons. The summed E-state index contributed by atoms with van der Waals surface area (Å²) in [5.74, 6) is -10.9. The molecule has 0 aromatic carbocycles. The fraction of sp³-hybridized carbons (Fsp3) is 0.783. The van der Waals surface area contributed by atoms with E-state index in [0.29, 0.717) is 0 Å². The number of carbonyl (C=O) groups excluding carboxylic acids is 11. The molecule has 1 rings (SSSR count). The normalized spacial score (nSPS) is 26.6. The van der Waals surface area contributed by atoms with Gasteiger partial charge in [-0.05, 0) is 108 Å². The van der Waals surface area contributed by atoms with Gasteiger partial charge in [0, 0.05) is 55.3 Å². The number of aliphatic hydroxyl groups is 1. The van der Waals surface area contributed by atoms with Crippen molar-refractivity contribution in [3.05, 3.63) is 24.8 Å². The highest BCUT2D eigenvalue weighted by Gasteiger charge is 2.55. The number of nitrogens with zero attached hydrogens (tertiary/aromatic N) is 7. The maximum Gasteiger partial charge on any atom is 0.276 e. The number of amides is 11. The van der Waals surface area contributed by atoms with Crippen LogP contribution in [0.1, 0.15) is 170 Å². The first-order chi connectivity index (χ1) is 43.5. The van der Waals surface area contributed by atoms with Crippen molar-refractivity contribution in [2.75, 3.05) is 69.1 Å². The van der Waals surface area contributed by atoms with Crippen LogP contribution in [0.5, 0.6) is 0 Å². The van der Waals surface area contributed by atoms with E-state index in [9.17, 15) is 38.7 Å². The average molecular weight is 1330 g/mol. The van der Waals surface area contributed by atoms with Crippen molar-refractivity contribution in [3.8, 4) is 0 Å². The van der Waals surface area contributed by atoms with Gasteiger partial charge in [-0.2, -0.15) is 0 Å². The molecule has 1 heterocycles. The summed E-state index contributed by atoms with van der Waals surface area (Å²) in [4.78, 5) is 172. The lowest BCUT2D eigenvalue weighted by molar-refractivity contribution is -0.210. The Kier molecular flexibility index (Phi) is 36.0. The molecule has 1 aliphatic rings. The minimum Gasteiger partial charge on any atom is -0.390 e. The van der Waals surface area contributed by atoms with E-state index < -0.39 is 162 Å². The molecule has 1 saturated heterocycles. The molecule has 0 aromatic heterocycles. The molecule has 25 nitrogen and oxygen atoms in total. The Morgan fingerprint density at radius 3 is 1.52 bits per heavy atom. The highest BCUT2D eigenvalue weighted by Crippen LogP contribution is 2.33. The summed E-state index contributed by atoms with van der Waals surface area (Å²) in [5, 5.41) is 23.5. The first-order valence-corrected chi connectivity index (χ1v) is 33.8. The summed E-state index contributed by atoms with van der Waals surface area (Å²) >= 11 is 0. The van der Waals surface area contributed by atoms with Gasteiger partial charge < -0.3 is 70.1 Å². The number of nitrogens with one attached hydrogen (secondary N) is 4. The van der Waals surface area contributed by atoms with E-state index >= 15 is 19.2 Å². The Morgan fingerprint density at radius 1 is 0.574 bits per heavy atom. The molecular formula is C69H123N11O14. The molecule has 1 aliphatic heterocycles. The van der Waals surface area contributed by atoms with Crippen molar-refractivity contribution in [2.45, 2.75) is 242 Å². The largest absolute Gasteiger partial charge is 0.390 e. The zero-order valence-corrected chi connectivity index (χ0v) is 61.8. The Bertz CT molecular complexity index is 2580. The van der Waals surface area contributed by atoms with E-state index in [1.165, 1.54) is 82.8 Å². The van der Waals surface area contributed by atoms with E-state index in [4.69, 9.17) is 9.47 Å². The van der Waals surface area contributed by atoms with E-state index in [-0.39, 0.29) is 81.8 Å². The highest BCUT2D eigenvalue weighted by atomic mass is 16.5. The molecule has 25 heteroatoms. The third-order valence-corrected chi connectivity index (χ3v) is 17.7. The average Bonchev–Trinajstić information content (AvgIpc) is 0.758. The quantitative estimate of drug-likeness (QED) is 0.0927. The van der Waals surface area contributed by atoms with Gasteiger partial charge in [-0.3, -0.25) is 52.7 Å². The zero-order valence-electron chi connectivity index (χ0n) is 61.8. The Morgan fingerprint density at radius 2 is 1.04 bits per heavy atom. The van der Waals surface area contributed by atoms with Gasteiger partial charge in [-0.25, -0.2) is 0 Å². The SMILES string of the molecule is C=CCOC(C)CCO[C@@]1(C(C)C)C(=O)N(C)[C@@H]([C@H](O)[C@H](C)C/C=C/C)C(=O)N[C@@H](CC)C(=O)N(C)CC(=O)N(C)[C@@H](CC(C)C)C(=O)N[C@@H](C(C)C)C(=O)N(C)[C@@H](CC(C)C)C(=O)N[C@@H](C)C(=O)N[C@H](C)C(=O)N(C)[C@@H](CC(C)C)C(=O)N(C)[C@@H](CC(C)C)C(=O)N1C. The summed E-state index contributed by atoms with van der Waals surface area (Å²) in [6.45, 7) is 34.6. The molecule has 538 valence electrons. The van der Waals surface area contributed by atoms with Crippen LogP contribution in [0.15, 0.2) is 24.8 Å². The van der Waals surface area contributed by atoms with Gasteiger partial charge in [0.1, 0.15) is 54.4 Å². The molecule has 1 fully saturated rings. The highest BCUT2D eigenvalue weighted by molar-refractivity contribution is 6.00. The van der Waals surface area contributed by atoms with Gasteiger partial charge in [0.2, 0.25) is 64.8 Å². The molecule has 5 N–H and O–H groups in total. The van der Waals surface area contributed by atoms with Gasteiger partial charge >= 0.3 is 0 Å². The third kappa shape index (κ3) is 23.7. The molecule has 1 unspecified atom stereocenters. The summed E-state index contributed by atoms with van der Waals surface area (Å²) < 4.78 is 12.7. The lowest BCUT2D eigenvalue weighted by Crippen LogP contribution is -2.70. The number of likely N-dealkylation sites (N-methyl/N-ethyl adjacent to an activating group) is 7. The maximum absolute atomic E-state index is 16.1. The number of aliphatic hydroxyl groups excluding tert-OH is 1. The number of rotatable bonds is 22. The number of hydrogen-bond acceptors (Lipinski definition) is 14. The monoisotopic (exact) mass is 1330 g/mol. The van der Waals surface area contributed by atoms with Crippen molar-refractivity contribution in [3.63, 3.8) is 0 Å². The van der Waals surface area contributed by atoms with Crippen LogP contribution in [0.2, 0.25) is 0 Å². The van der Waals surface area contributed by atoms with Crippen LogP contribution in [-0.2, 0) is 62.2 Å². The van der Waals surface area contributed by atoms with Crippen LogP contribution in [0, 0.1) is 41.4 Å². The molecule has 0 bridgehead atoms. The predicted molar refractivity (Wildman–Crippen MR) is 364 cm³/mol. The van der Waals surface area contributed by atoms with Gasteiger partial charge in [0.25, 0.3) is 5.91 Å². The molecule has 11 amide bonds. The minimum atomic E-state index is -2.28. The fourth-order valence-corrected chi connectivity index (χ4v) is 11.6. The second-order valence-electron chi connectivity index (χ2n) is 28.2. The second-order valence-corrected chi connectivity index (χ2v) is 28.2. The summed E-state index contributed by atoms with van der Waals surface area (Å²) in [5.41, 5.74) is -2.28. The van der Waals surface area contributed by atoms with Crippen molar-refractivity contribution < 1.29 is 67.3 Å². The summed E-state index contributed by atoms with van der Waals surface area (Å²) in [6, 6.07) is -11.6. The molecule has 13 atom stereocenters. The molecule has 0 saturated carbocycles. The second kappa shape index (κ2) is 39.5. The van der Waals surface area contributed by atoms with E-state index in [2.05, 4.69) is 27.8 Å². The lowest BCUT2D eigenvalue weighted by atomic mass is 9.89. The Balaban J connectivity index is 4.60. The van der Waals surface area contributed by atoms with Crippen molar-refractivity contribution in [1.29, 1.82) is 0 Å². The first-order valence-electron chi connectivity index (χ1n) is 33.8. The van der Waals surface area contributed by atoms with Crippen LogP contribution in [-0.4, -0.2) is 246 Å². The number of hydrogen-bond donors (Lipinski definition) is 5. The van der Waals surface area contributed by atoms with Crippen molar-refractivity contribution in [1.82, 2.24) is 55.6 Å². The van der Waals surface area contributed by atoms with Crippen molar-refractivity contribution >= 4 is 65.0 Å². The van der Waals surface area contributed by atoms with E-state index in [1.54, 1.807) is 73.6 Å². The van der Waals surface area contributed by atoms with E-state index in [0.717, 1.165) is 14.7 Å². The number of carbonyl (C=O) groups is 11. The van der Waals surface area contributed by atoms with Crippen LogP contribution in [0.4, 0.5) is 0 Å².